The van der Waals surface area contributed by atoms with E-state index in [-0.39, 0.29) is 16.4 Å². The first-order valence-electron chi connectivity index (χ1n) is 7.04. The average molecular weight is 359 g/mol. The van der Waals surface area contributed by atoms with Crippen LogP contribution in [0, 0.1) is 5.41 Å². The molecule has 0 radical (unpaired) electrons. The molecule has 0 bridgehead atoms. The Bertz CT molecular complexity index is 733. The number of benzene rings is 1. The van der Waals surface area contributed by atoms with Crippen molar-refractivity contribution in [2.75, 3.05) is 5.32 Å². The van der Waals surface area contributed by atoms with Crippen molar-refractivity contribution in [1.82, 2.24) is 0 Å². The van der Waals surface area contributed by atoms with Crippen LogP contribution in [0.3, 0.4) is 0 Å². The van der Waals surface area contributed by atoms with E-state index in [1.807, 2.05) is 17.5 Å². The molecule has 1 unspecified atom stereocenters. The average Bonchev–Trinajstić information content (AvgIpc) is 2.97. The van der Waals surface area contributed by atoms with E-state index in [0.29, 0.717) is 5.69 Å². The van der Waals surface area contributed by atoms with Crippen LogP contribution in [0.15, 0.2) is 46.7 Å². The van der Waals surface area contributed by atoms with Gasteiger partial charge in [-0.2, -0.15) is 8.78 Å². The van der Waals surface area contributed by atoms with Gasteiger partial charge in [0, 0.05) is 10.6 Å². The van der Waals surface area contributed by atoms with Gasteiger partial charge in [0.2, 0.25) is 9.84 Å². The van der Waals surface area contributed by atoms with Crippen molar-refractivity contribution in [3.63, 3.8) is 0 Å². The fourth-order valence-corrected chi connectivity index (χ4v) is 3.92. The van der Waals surface area contributed by atoms with Crippen LogP contribution in [0.1, 0.15) is 31.7 Å². The van der Waals surface area contributed by atoms with Crippen molar-refractivity contribution in [3.05, 3.63) is 46.7 Å². The fraction of sp³-hybridized carbons (Fsp3) is 0.375. The topological polar surface area (TPSA) is 46.2 Å². The molecule has 2 rings (SSSR count). The maximum Gasteiger partial charge on any atom is 0.341 e. The predicted octanol–water partition coefficient (Wildman–Crippen LogP) is 4.94. The van der Waals surface area contributed by atoms with Gasteiger partial charge in [0.15, 0.2) is 0 Å². The molecule has 0 aliphatic carbocycles. The number of sulfone groups is 1. The van der Waals surface area contributed by atoms with E-state index in [0.717, 1.165) is 4.88 Å². The maximum absolute atomic E-state index is 12.5. The molecular formula is C16H19F2NO2S2. The van der Waals surface area contributed by atoms with E-state index in [2.05, 4.69) is 26.1 Å². The minimum Gasteiger partial charge on any atom is -0.377 e. The Morgan fingerprint density at radius 2 is 1.70 bits per heavy atom. The highest BCUT2D eigenvalue weighted by Gasteiger charge is 2.28. The summed E-state index contributed by atoms with van der Waals surface area (Å²) in [7, 11) is -4.55. The molecule has 0 saturated heterocycles. The molecule has 0 fully saturated rings. The third-order valence-corrected chi connectivity index (χ3v) is 5.76. The molecule has 0 spiro atoms. The Hall–Kier alpha value is -1.47. The lowest BCUT2D eigenvalue weighted by molar-refractivity contribution is 0.234. The maximum atomic E-state index is 12.5. The normalized spacial score (nSPS) is 14.0. The van der Waals surface area contributed by atoms with Gasteiger partial charge in [-0.25, -0.2) is 8.42 Å². The van der Waals surface area contributed by atoms with Gasteiger partial charge >= 0.3 is 5.76 Å². The number of halogens is 2. The minimum atomic E-state index is -4.55. The molecule has 1 atom stereocenters. The summed E-state index contributed by atoms with van der Waals surface area (Å²) in [6.45, 7) is 6.29. The second-order valence-electron chi connectivity index (χ2n) is 6.29. The summed E-state index contributed by atoms with van der Waals surface area (Å²) < 4.78 is 48.0. The van der Waals surface area contributed by atoms with Crippen LogP contribution in [0.2, 0.25) is 0 Å². The summed E-state index contributed by atoms with van der Waals surface area (Å²) in [4.78, 5) is 0.781. The van der Waals surface area contributed by atoms with Crippen LogP contribution < -0.4 is 5.32 Å². The lowest BCUT2D eigenvalue weighted by Crippen LogP contribution is -2.25. The van der Waals surface area contributed by atoms with Crippen LogP contribution in [0.4, 0.5) is 14.5 Å². The second kappa shape index (κ2) is 6.57. The Labute approximate surface area is 139 Å². The highest BCUT2D eigenvalue weighted by Crippen LogP contribution is 2.38. The first-order chi connectivity index (χ1) is 10.6. The van der Waals surface area contributed by atoms with Crippen LogP contribution in [-0.2, 0) is 9.84 Å². The van der Waals surface area contributed by atoms with Gasteiger partial charge in [-0.1, -0.05) is 26.8 Å². The molecule has 1 heterocycles. The van der Waals surface area contributed by atoms with Crippen LogP contribution >= 0.6 is 11.3 Å². The van der Waals surface area contributed by atoms with Crippen molar-refractivity contribution in [3.8, 4) is 0 Å². The Kier molecular flexibility index (Phi) is 5.10. The summed E-state index contributed by atoms with van der Waals surface area (Å²) >= 11 is 1.63. The second-order valence-corrected chi connectivity index (χ2v) is 9.19. The van der Waals surface area contributed by atoms with Gasteiger partial charge in [-0.3, -0.25) is 0 Å². The standard InChI is InChI=1S/C16H19F2NO2S2/c1-16(2,3)14(13-5-4-10-22-13)19-11-6-8-12(9-7-11)23(20,21)15(17)18/h4-10,14-15,19H,1-3H3. The number of thiophene rings is 1. The van der Waals surface area contributed by atoms with Gasteiger partial charge in [-0.15, -0.1) is 11.3 Å². The Morgan fingerprint density at radius 1 is 1.09 bits per heavy atom. The molecule has 0 saturated carbocycles. The third-order valence-electron chi connectivity index (χ3n) is 3.42. The van der Waals surface area contributed by atoms with Crippen molar-refractivity contribution < 1.29 is 17.2 Å². The van der Waals surface area contributed by atoms with Gasteiger partial charge in [0.25, 0.3) is 0 Å². The molecule has 1 aromatic heterocycles. The van der Waals surface area contributed by atoms with Crippen molar-refractivity contribution >= 4 is 26.9 Å². The number of anilines is 1. The van der Waals surface area contributed by atoms with Crippen LogP contribution in [0.5, 0.6) is 0 Å². The molecule has 23 heavy (non-hydrogen) atoms. The summed E-state index contributed by atoms with van der Waals surface area (Å²) in [6.07, 6.45) is 0. The number of nitrogens with one attached hydrogen (secondary N) is 1. The largest absolute Gasteiger partial charge is 0.377 e. The summed E-state index contributed by atoms with van der Waals surface area (Å²) in [6, 6.07) is 9.47. The van der Waals surface area contributed by atoms with E-state index < -0.39 is 15.6 Å². The third kappa shape index (κ3) is 4.09. The van der Waals surface area contributed by atoms with Gasteiger partial charge in [-0.05, 0) is 41.1 Å². The van der Waals surface area contributed by atoms with Crippen LogP contribution in [0.25, 0.3) is 0 Å². The first kappa shape index (κ1) is 17.9. The highest BCUT2D eigenvalue weighted by atomic mass is 32.2. The van der Waals surface area contributed by atoms with E-state index >= 15 is 0 Å². The summed E-state index contributed by atoms with van der Waals surface area (Å²) in [5, 5.41) is 5.35. The van der Waals surface area contributed by atoms with Gasteiger partial charge < -0.3 is 5.32 Å². The van der Waals surface area contributed by atoms with Crippen molar-refractivity contribution in [2.24, 2.45) is 5.41 Å². The molecule has 0 amide bonds. The van der Waals surface area contributed by atoms with E-state index in [9.17, 15) is 17.2 Å². The molecule has 0 aliphatic heterocycles. The lowest BCUT2D eigenvalue weighted by Gasteiger charge is -2.31. The predicted molar refractivity (Wildman–Crippen MR) is 89.8 cm³/mol. The number of rotatable bonds is 5. The van der Waals surface area contributed by atoms with E-state index in [1.54, 1.807) is 11.3 Å². The smallest absolute Gasteiger partial charge is 0.341 e. The molecular weight excluding hydrogens is 340 g/mol. The fourth-order valence-electron chi connectivity index (χ4n) is 2.18. The number of alkyl halides is 2. The van der Waals surface area contributed by atoms with E-state index in [1.165, 1.54) is 24.3 Å². The number of hydrogen-bond donors (Lipinski definition) is 1. The molecule has 1 N–H and O–H groups in total. The molecule has 0 aliphatic rings. The van der Waals surface area contributed by atoms with E-state index in [4.69, 9.17) is 0 Å². The Balaban J connectivity index is 2.26. The Morgan fingerprint density at radius 3 is 2.13 bits per heavy atom. The number of hydrogen-bond acceptors (Lipinski definition) is 4. The first-order valence-corrected chi connectivity index (χ1v) is 9.47. The molecule has 2 aromatic rings. The minimum absolute atomic E-state index is 0.0278. The zero-order valence-electron chi connectivity index (χ0n) is 13.1. The van der Waals surface area contributed by atoms with Crippen molar-refractivity contribution in [1.29, 1.82) is 0 Å². The SMILES string of the molecule is CC(C)(C)C(Nc1ccc(S(=O)(=O)C(F)F)cc1)c1cccs1. The van der Waals surface area contributed by atoms with Gasteiger partial charge in [0.1, 0.15) is 0 Å². The molecule has 1 aromatic carbocycles. The quantitative estimate of drug-likeness (QED) is 0.822. The molecule has 3 nitrogen and oxygen atoms in total. The van der Waals surface area contributed by atoms with Crippen molar-refractivity contribution in [2.45, 2.75) is 37.5 Å². The highest BCUT2D eigenvalue weighted by molar-refractivity contribution is 7.91. The zero-order valence-corrected chi connectivity index (χ0v) is 14.7. The van der Waals surface area contributed by atoms with Crippen LogP contribution in [-0.4, -0.2) is 14.2 Å². The van der Waals surface area contributed by atoms with Gasteiger partial charge in [0.05, 0.1) is 10.9 Å². The monoisotopic (exact) mass is 359 g/mol. The zero-order chi connectivity index (χ0) is 17.3. The molecule has 7 heteroatoms. The summed E-state index contributed by atoms with van der Waals surface area (Å²) in [5.41, 5.74) is 0.616. The molecule has 126 valence electrons. The summed E-state index contributed by atoms with van der Waals surface area (Å²) in [5.74, 6) is -3.41. The lowest BCUT2D eigenvalue weighted by atomic mass is 9.85.